The molecule has 0 radical (unpaired) electrons. The summed E-state index contributed by atoms with van der Waals surface area (Å²) in [4.78, 5) is 12.4. The van der Waals surface area contributed by atoms with Crippen molar-refractivity contribution in [1.82, 2.24) is 5.32 Å². The fraction of sp³-hybridized carbons (Fsp3) is 0.136. The third kappa shape index (κ3) is 6.02. The molecular weight excluding hydrogens is 426 g/mol. The Labute approximate surface area is 178 Å². The van der Waals surface area contributed by atoms with E-state index in [4.69, 9.17) is 4.74 Å². The second-order valence-electron chi connectivity index (χ2n) is 6.86. The first-order chi connectivity index (χ1) is 14.6. The van der Waals surface area contributed by atoms with Gasteiger partial charge in [0, 0.05) is 23.6 Å². The zero-order valence-corrected chi connectivity index (χ0v) is 17.5. The lowest BCUT2D eigenvalue weighted by molar-refractivity contribution is 0.249. The molecule has 0 saturated carbocycles. The van der Waals surface area contributed by atoms with Crippen LogP contribution in [0, 0.1) is 11.6 Å². The van der Waals surface area contributed by atoms with Gasteiger partial charge in [-0.2, -0.15) is 0 Å². The van der Waals surface area contributed by atoms with Crippen LogP contribution in [0.25, 0.3) is 0 Å². The van der Waals surface area contributed by atoms with E-state index in [0.717, 1.165) is 18.4 Å². The number of carbonyl (C=O) groups excluding carboxylic acids is 1. The SMILES string of the molecule is CC(NC(=O)Nc1ccc(Oc2ccc(S(C)(=O)=O)cc2)cc1)c1ccc(F)cc1F. The van der Waals surface area contributed by atoms with Crippen LogP contribution in [0.3, 0.4) is 0 Å². The summed E-state index contributed by atoms with van der Waals surface area (Å²) in [7, 11) is -3.28. The van der Waals surface area contributed by atoms with Crippen molar-refractivity contribution in [1.29, 1.82) is 0 Å². The van der Waals surface area contributed by atoms with Crippen molar-refractivity contribution in [3.05, 3.63) is 83.9 Å². The first kappa shape index (κ1) is 22.2. The molecule has 3 aromatic rings. The zero-order valence-electron chi connectivity index (χ0n) is 16.7. The van der Waals surface area contributed by atoms with Gasteiger partial charge in [-0.3, -0.25) is 0 Å². The molecule has 31 heavy (non-hydrogen) atoms. The Morgan fingerprint density at radius 3 is 2.06 bits per heavy atom. The van der Waals surface area contributed by atoms with Crippen LogP contribution >= 0.6 is 0 Å². The minimum absolute atomic E-state index is 0.169. The molecule has 6 nitrogen and oxygen atoms in total. The average molecular weight is 446 g/mol. The Morgan fingerprint density at radius 1 is 0.935 bits per heavy atom. The zero-order chi connectivity index (χ0) is 22.6. The van der Waals surface area contributed by atoms with Crippen molar-refractivity contribution >= 4 is 21.6 Å². The van der Waals surface area contributed by atoms with E-state index in [9.17, 15) is 22.0 Å². The van der Waals surface area contributed by atoms with E-state index in [-0.39, 0.29) is 10.5 Å². The number of carbonyl (C=O) groups is 1. The van der Waals surface area contributed by atoms with Crippen LogP contribution in [0.1, 0.15) is 18.5 Å². The van der Waals surface area contributed by atoms with E-state index in [1.165, 1.54) is 18.2 Å². The number of sulfone groups is 1. The van der Waals surface area contributed by atoms with Crippen LogP contribution in [0.15, 0.2) is 71.6 Å². The molecule has 3 aromatic carbocycles. The number of urea groups is 1. The Hall–Kier alpha value is -3.46. The Morgan fingerprint density at radius 2 is 1.52 bits per heavy atom. The predicted octanol–water partition coefficient (Wildman–Crippen LogP) is 5.04. The molecule has 3 rings (SSSR count). The highest BCUT2D eigenvalue weighted by Crippen LogP contribution is 2.24. The Bertz CT molecular complexity index is 1180. The molecule has 0 spiro atoms. The average Bonchev–Trinajstić information content (AvgIpc) is 2.69. The highest BCUT2D eigenvalue weighted by atomic mass is 32.2. The molecule has 0 aliphatic rings. The fourth-order valence-corrected chi connectivity index (χ4v) is 3.42. The van der Waals surface area contributed by atoms with Crippen molar-refractivity contribution in [3.8, 4) is 11.5 Å². The summed E-state index contributed by atoms with van der Waals surface area (Å²) < 4.78 is 55.5. The minimum Gasteiger partial charge on any atom is -0.457 e. The van der Waals surface area contributed by atoms with Crippen molar-refractivity contribution in [2.45, 2.75) is 17.9 Å². The molecule has 1 unspecified atom stereocenters. The van der Waals surface area contributed by atoms with Crippen LogP contribution < -0.4 is 15.4 Å². The number of anilines is 1. The summed E-state index contributed by atoms with van der Waals surface area (Å²) in [6.07, 6.45) is 1.13. The van der Waals surface area contributed by atoms with Gasteiger partial charge in [0.1, 0.15) is 23.1 Å². The summed E-state index contributed by atoms with van der Waals surface area (Å²) in [5.74, 6) is -0.480. The molecule has 1 atom stereocenters. The number of ether oxygens (including phenoxy) is 1. The molecule has 0 heterocycles. The van der Waals surface area contributed by atoms with Gasteiger partial charge in [0.05, 0.1) is 10.9 Å². The third-order valence-electron chi connectivity index (χ3n) is 4.38. The maximum absolute atomic E-state index is 13.8. The van der Waals surface area contributed by atoms with Crippen LogP contribution in [0.2, 0.25) is 0 Å². The molecular formula is C22H20F2N2O4S. The van der Waals surface area contributed by atoms with Gasteiger partial charge in [0.2, 0.25) is 0 Å². The number of hydrogen-bond donors (Lipinski definition) is 2. The molecule has 162 valence electrons. The first-order valence-corrected chi connectivity index (χ1v) is 11.1. The fourth-order valence-electron chi connectivity index (χ4n) is 2.79. The molecule has 0 fully saturated rings. The normalized spacial score (nSPS) is 12.1. The predicted molar refractivity (Wildman–Crippen MR) is 113 cm³/mol. The molecule has 0 saturated heterocycles. The van der Waals surface area contributed by atoms with Gasteiger partial charge in [0.25, 0.3) is 0 Å². The van der Waals surface area contributed by atoms with Crippen molar-refractivity contribution in [2.75, 3.05) is 11.6 Å². The number of hydrogen-bond acceptors (Lipinski definition) is 4. The van der Waals surface area contributed by atoms with Crippen LogP contribution in [-0.2, 0) is 9.84 Å². The standard InChI is InChI=1S/C22H20F2N2O4S/c1-14(20-12-3-15(23)13-21(20)24)25-22(27)26-16-4-6-17(7-5-16)30-18-8-10-19(11-9-18)31(2,28)29/h3-14H,1-2H3,(H2,25,26,27). The van der Waals surface area contributed by atoms with Gasteiger partial charge in [-0.1, -0.05) is 6.07 Å². The maximum atomic E-state index is 13.8. The molecule has 0 aromatic heterocycles. The van der Waals surface area contributed by atoms with Gasteiger partial charge in [-0.25, -0.2) is 22.0 Å². The maximum Gasteiger partial charge on any atom is 0.319 e. The molecule has 0 aliphatic carbocycles. The number of halogens is 2. The minimum atomic E-state index is -3.28. The number of nitrogens with one attached hydrogen (secondary N) is 2. The summed E-state index contributed by atoms with van der Waals surface area (Å²) in [5.41, 5.74) is 0.645. The van der Waals surface area contributed by atoms with Gasteiger partial charge < -0.3 is 15.4 Å². The van der Waals surface area contributed by atoms with Crippen molar-refractivity contribution in [2.24, 2.45) is 0 Å². The highest BCUT2D eigenvalue weighted by Gasteiger charge is 2.14. The molecule has 9 heteroatoms. The van der Waals surface area contributed by atoms with Gasteiger partial charge in [-0.05, 0) is 61.5 Å². The van der Waals surface area contributed by atoms with Crippen LogP contribution in [0.4, 0.5) is 19.3 Å². The third-order valence-corrected chi connectivity index (χ3v) is 5.50. The molecule has 0 aliphatic heterocycles. The van der Waals surface area contributed by atoms with Gasteiger partial charge in [0.15, 0.2) is 9.84 Å². The molecule has 0 bridgehead atoms. The lowest BCUT2D eigenvalue weighted by atomic mass is 10.1. The summed E-state index contributed by atoms with van der Waals surface area (Å²) in [5, 5.41) is 5.20. The van der Waals surface area contributed by atoms with Gasteiger partial charge >= 0.3 is 6.03 Å². The summed E-state index contributed by atoms with van der Waals surface area (Å²) >= 11 is 0. The number of rotatable bonds is 6. The van der Waals surface area contributed by atoms with E-state index < -0.39 is 33.5 Å². The largest absolute Gasteiger partial charge is 0.457 e. The second kappa shape index (κ2) is 9.13. The van der Waals surface area contributed by atoms with Crippen molar-refractivity contribution in [3.63, 3.8) is 0 Å². The van der Waals surface area contributed by atoms with Gasteiger partial charge in [-0.15, -0.1) is 0 Å². The van der Waals surface area contributed by atoms with E-state index in [0.29, 0.717) is 17.2 Å². The molecule has 2 amide bonds. The van der Waals surface area contributed by atoms with Crippen LogP contribution in [-0.4, -0.2) is 20.7 Å². The second-order valence-corrected chi connectivity index (χ2v) is 8.87. The highest BCUT2D eigenvalue weighted by molar-refractivity contribution is 7.90. The summed E-state index contributed by atoms with van der Waals surface area (Å²) in [6.45, 7) is 1.59. The molecule has 2 N–H and O–H groups in total. The smallest absolute Gasteiger partial charge is 0.319 e. The number of amides is 2. The van der Waals surface area contributed by atoms with E-state index in [1.807, 2.05) is 0 Å². The monoisotopic (exact) mass is 446 g/mol. The van der Waals surface area contributed by atoms with Crippen LogP contribution in [0.5, 0.6) is 11.5 Å². The number of benzene rings is 3. The summed E-state index contributed by atoms with van der Waals surface area (Å²) in [6, 6.07) is 14.4. The van der Waals surface area contributed by atoms with E-state index in [1.54, 1.807) is 43.3 Å². The Balaban J connectivity index is 1.58. The first-order valence-electron chi connectivity index (χ1n) is 9.22. The Kier molecular flexibility index (Phi) is 6.55. The van der Waals surface area contributed by atoms with Crippen molar-refractivity contribution < 1.29 is 26.7 Å². The van der Waals surface area contributed by atoms with E-state index >= 15 is 0 Å². The lowest BCUT2D eigenvalue weighted by Gasteiger charge is -2.16. The van der Waals surface area contributed by atoms with E-state index in [2.05, 4.69) is 10.6 Å². The quantitative estimate of drug-likeness (QED) is 0.555. The lowest BCUT2D eigenvalue weighted by Crippen LogP contribution is -2.31. The topological polar surface area (TPSA) is 84.5 Å².